The second-order valence-electron chi connectivity index (χ2n) is 5.09. The Morgan fingerprint density at radius 1 is 1.19 bits per heavy atom. The van der Waals surface area contributed by atoms with Crippen molar-refractivity contribution in [3.63, 3.8) is 0 Å². The normalized spacial score (nSPS) is 9.67. The van der Waals surface area contributed by atoms with Gasteiger partial charge in [-0.1, -0.05) is 20.8 Å². The molecule has 0 aliphatic heterocycles. The molecule has 0 amide bonds. The Labute approximate surface area is 163 Å². The van der Waals surface area contributed by atoms with Crippen LogP contribution in [0, 0.1) is 5.82 Å². The molecule has 5 nitrogen and oxygen atoms in total. The topological polar surface area (TPSA) is 67.2 Å². The van der Waals surface area contributed by atoms with Gasteiger partial charge in [-0.2, -0.15) is 0 Å². The summed E-state index contributed by atoms with van der Waals surface area (Å²) in [5, 5.41) is 6.89. The van der Waals surface area contributed by atoms with Crippen molar-refractivity contribution in [2.24, 2.45) is 0 Å². The van der Waals surface area contributed by atoms with Gasteiger partial charge in [0.25, 0.3) is 6.47 Å². The Balaban J connectivity index is 0.000000665. The Morgan fingerprint density at radius 2 is 1.81 bits per heavy atom. The summed E-state index contributed by atoms with van der Waals surface area (Å²) in [7, 11) is 0. The molecule has 3 rings (SSSR count). The lowest BCUT2D eigenvalue weighted by atomic mass is 10.3. The van der Waals surface area contributed by atoms with Gasteiger partial charge in [0.05, 0.1) is 11.0 Å². The molecule has 0 saturated heterocycles. The summed E-state index contributed by atoms with van der Waals surface area (Å²) in [5.41, 5.74) is 3.16. The molecule has 0 unspecified atom stereocenters. The van der Waals surface area contributed by atoms with E-state index in [1.54, 1.807) is 12.1 Å². The quantitative estimate of drug-likeness (QED) is 0.437. The van der Waals surface area contributed by atoms with Crippen molar-refractivity contribution in [2.45, 2.75) is 45.6 Å². The van der Waals surface area contributed by atoms with E-state index in [1.807, 2.05) is 19.9 Å². The fourth-order valence-electron chi connectivity index (χ4n) is 2.49. The van der Waals surface area contributed by atoms with Gasteiger partial charge in [0.15, 0.2) is 0 Å². The van der Waals surface area contributed by atoms with Gasteiger partial charge in [-0.25, -0.2) is 9.37 Å². The van der Waals surface area contributed by atoms with Crippen LogP contribution in [0.3, 0.4) is 0 Å². The van der Waals surface area contributed by atoms with Crippen LogP contribution in [0.2, 0.25) is 0 Å². The summed E-state index contributed by atoms with van der Waals surface area (Å²) in [6.07, 6.45) is 0.926. The number of halogens is 1. The minimum Gasteiger partial charge on any atom is -0.483 e. The zero-order valence-electron chi connectivity index (χ0n) is 16.1. The second kappa shape index (κ2) is 12.0. The van der Waals surface area contributed by atoms with Gasteiger partial charge < -0.3 is 14.4 Å². The Morgan fingerprint density at radius 3 is 2.37 bits per heavy atom. The maximum Gasteiger partial charge on any atom is 0.290 e. The van der Waals surface area contributed by atoms with E-state index in [2.05, 4.69) is 35.3 Å². The summed E-state index contributed by atoms with van der Waals surface area (Å²) < 4.78 is 18.4. The fraction of sp³-hybridized carbons (Fsp3) is 0.300. The standard InChI is InChI=1S/C17H18FN3S.C2H6.CH2O2/c1-3-17-19-15-11-13(7-10-16(15)21(17)4-2)20-22-14-8-5-12(18)6-9-14;1-2;2-1-3/h5-11,20H,3-4H2,1-2H3;1-2H3;1H,(H,2,3). The third-order valence-electron chi connectivity index (χ3n) is 3.56. The fourth-order valence-corrected chi connectivity index (χ4v) is 3.12. The highest BCUT2D eigenvalue weighted by atomic mass is 32.2. The van der Waals surface area contributed by atoms with Gasteiger partial charge in [0, 0.05) is 23.5 Å². The first-order valence-corrected chi connectivity index (χ1v) is 9.70. The third kappa shape index (κ3) is 6.29. The van der Waals surface area contributed by atoms with Crippen LogP contribution in [0.1, 0.15) is 33.5 Å². The highest BCUT2D eigenvalue weighted by Crippen LogP contribution is 2.25. The molecule has 0 spiro atoms. The molecule has 2 aromatic carbocycles. The van der Waals surface area contributed by atoms with E-state index in [-0.39, 0.29) is 12.3 Å². The predicted molar refractivity (Wildman–Crippen MR) is 111 cm³/mol. The maximum atomic E-state index is 12.9. The van der Waals surface area contributed by atoms with Gasteiger partial charge in [0.1, 0.15) is 11.6 Å². The molecule has 0 atom stereocenters. The minimum absolute atomic E-state index is 0.219. The van der Waals surface area contributed by atoms with Gasteiger partial charge in [0.2, 0.25) is 0 Å². The SMILES string of the molecule is CC.CCc1nc2cc(NSc3ccc(F)cc3)ccc2n1CC.O=CO. The van der Waals surface area contributed by atoms with E-state index in [1.165, 1.54) is 24.1 Å². The van der Waals surface area contributed by atoms with E-state index in [0.29, 0.717) is 0 Å². The lowest BCUT2D eigenvalue weighted by molar-refractivity contribution is -0.122. The number of imidazole rings is 1. The van der Waals surface area contributed by atoms with E-state index in [0.717, 1.165) is 40.4 Å². The number of nitrogens with zero attached hydrogens (tertiary/aromatic N) is 2. The van der Waals surface area contributed by atoms with Crippen LogP contribution in [-0.4, -0.2) is 21.1 Å². The summed E-state index contributed by atoms with van der Waals surface area (Å²) >= 11 is 1.46. The highest BCUT2D eigenvalue weighted by molar-refractivity contribution is 8.00. The number of nitrogens with one attached hydrogen (secondary N) is 1. The lowest BCUT2D eigenvalue weighted by Crippen LogP contribution is -1.99. The van der Waals surface area contributed by atoms with Crippen molar-refractivity contribution in [3.8, 4) is 0 Å². The van der Waals surface area contributed by atoms with Crippen molar-refractivity contribution < 1.29 is 14.3 Å². The molecule has 1 heterocycles. The molecule has 0 aliphatic carbocycles. The van der Waals surface area contributed by atoms with Gasteiger partial charge in [-0.3, -0.25) is 4.79 Å². The lowest BCUT2D eigenvalue weighted by Gasteiger charge is -2.06. The number of anilines is 1. The summed E-state index contributed by atoms with van der Waals surface area (Å²) in [6, 6.07) is 12.6. The van der Waals surface area contributed by atoms with Gasteiger partial charge in [-0.15, -0.1) is 0 Å². The number of carbonyl (C=O) groups is 1. The number of carboxylic acid groups (broad SMARTS) is 1. The number of hydrogen-bond donors (Lipinski definition) is 2. The smallest absolute Gasteiger partial charge is 0.290 e. The minimum atomic E-state index is -0.250. The van der Waals surface area contributed by atoms with E-state index in [9.17, 15) is 4.39 Å². The number of aromatic nitrogens is 2. The monoisotopic (exact) mass is 391 g/mol. The van der Waals surface area contributed by atoms with Crippen molar-refractivity contribution in [1.82, 2.24) is 9.55 Å². The Hall–Kier alpha value is -2.54. The molecule has 0 fully saturated rings. The summed E-state index contributed by atoms with van der Waals surface area (Å²) in [4.78, 5) is 14.0. The number of aryl methyl sites for hydroxylation is 2. The van der Waals surface area contributed by atoms with Crippen LogP contribution < -0.4 is 4.72 Å². The van der Waals surface area contributed by atoms with E-state index in [4.69, 9.17) is 14.9 Å². The summed E-state index contributed by atoms with van der Waals surface area (Å²) in [6.45, 7) is 8.94. The first-order valence-electron chi connectivity index (χ1n) is 8.88. The molecule has 3 aromatic rings. The molecule has 0 saturated carbocycles. The van der Waals surface area contributed by atoms with Crippen LogP contribution in [-0.2, 0) is 17.8 Å². The third-order valence-corrected chi connectivity index (χ3v) is 4.41. The van der Waals surface area contributed by atoms with E-state index < -0.39 is 0 Å². The number of fused-ring (bicyclic) bond motifs is 1. The molecular formula is C20H26FN3O2S. The molecule has 0 aliphatic rings. The Kier molecular flexibility index (Phi) is 9.96. The molecule has 7 heteroatoms. The molecule has 146 valence electrons. The molecule has 0 bridgehead atoms. The van der Waals surface area contributed by atoms with Crippen molar-refractivity contribution >= 4 is 35.1 Å². The van der Waals surface area contributed by atoms with E-state index >= 15 is 0 Å². The van der Waals surface area contributed by atoms with Crippen LogP contribution in [0.15, 0.2) is 47.4 Å². The van der Waals surface area contributed by atoms with Crippen molar-refractivity contribution in [3.05, 3.63) is 54.1 Å². The number of hydrogen-bond acceptors (Lipinski definition) is 4. The molecule has 27 heavy (non-hydrogen) atoms. The highest BCUT2D eigenvalue weighted by Gasteiger charge is 2.08. The van der Waals surface area contributed by atoms with Gasteiger partial charge >= 0.3 is 0 Å². The average Bonchev–Trinajstić information content (AvgIpc) is 3.06. The first kappa shape index (κ1) is 22.5. The zero-order valence-corrected chi connectivity index (χ0v) is 16.9. The largest absolute Gasteiger partial charge is 0.483 e. The van der Waals surface area contributed by atoms with Crippen LogP contribution in [0.25, 0.3) is 11.0 Å². The van der Waals surface area contributed by atoms with Crippen LogP contribution in [0.4, 0.5) is 10.1 Å². The average molecular weight is 392 g/mol. The van der Waals surface area contributed by atoms with Crippen molar-refractivity contribution in [1.29, 1.82) is 0 Å². The van der Waals surface area contributed by atoms with Gasteiger partial charge in [-0.05, 0) is 61.3 Å². The molecule has 0 radical (unpaired) electrons. The van der Waals surface area contributed by atoms with Crippen molar-refractivity contribution in [2.75, 3.05) is 4.72 Å². The predicted octanol–water partition coefficient (Wildman–Crippen LogP) is 5.60. The number of rotatable bonds is 5. The molecule has 2 N–H and O–H groups in total. The number of benzene rings is 2. The maximum absolute atomic E-state index is 12.9. The van der Waals surface area contributed by atoms with Crippen LogP contribution in [0.5, 0.6) is 0 Å². The second-order valence-corrected chi connectivity index (χ2v) is 5.97. The summed E-state index contributed by atoms with van der Waals surface area (Å²) in [5.74, 6) is 0.892. The molecular weight excluding hydrogens is 365 g/mol. The van der Waals surface area contributed by atoms with Crippen LogP contribution >= 0.6 is 11.9 Å². The first-order chi connectivity index (χ1) is 13.1. The zero-order chi connectivity index (χ0) is 20.2. The molecule has 1 aromatic heterocycles. The Bertz CT molecular complexity index is 835.